The Hall–Kier alpha value is -3.68. The van der Waals surface area contributed by atoms with Gasteiger partial charge in [0.2, 0.25) is 5.91 Å². The Kier molecular flexibility index (Phi) is 6.23. The molecule has 0 fully saturated rings. The first-order chi connectivity index (χ1) is 14.0. The Labute approximate surface area is 168 Å². The number of nitrogens with one attached hydrogen (secondary N) is 1. The summed E-state index contributed by atoms with van der Waals surface area (Å²) in [7, 11) is 0. The molecule has 3 aromatic rings. The molecule has 0 radical (unpaired) electrons. The van der Waals surface area contributed by atoms with Crippen molar-refractivity contribution in [2.24, 2.45) is 0 Å². The molecule has 0 aliphatic rings. The molecule has 0 atom stereocenters. The van der Waals surface area contributed by atoms with Gasteiger partial charge in [0.15, 0.2) is 0 Å². The minimum absolute atomic E-state index is 0.0579. The molecule has 1 N–H and O–H groups in total. The van der Waals surface area contributed by atoms with Crippen molar-refractivity contribution in [3.63, 3.8) is 0 Å². The second-order valence-corrected chi connectivity index (χ2v) is 6.59. The summed E-state index contributed by atoms with van der Waals surface area (Å²) >= 11 is 0. The third-order valence-corrected chi connectivity index (χ3v) is 4.51. The second kappa shape index (κ2) is 9.01. The summed E-state index contributed by atoms with van der Waals surface area (Å²) in [6.45, 7) is 3.76. The van der Waals surface area contributed by atoms with Crippen LogP contribution in [0.5, 0.6) is 5.75 Å². The van der Waals surface area contributed by atoms with Gasteiger partial charge >= 0.3 is 5.69 Å². The first-order valence-corrected chi connectivity index (χ1v) is 9.15. The molecule has 8 heteroatoms. The predicted octanol–water partition coefficient (Wildman–Crippen LogP) is 3.30. The minimum Gasteiger partial charge on any atom is -0.489 e. The van der Waals surface area contributed by atoms with Crippen LogP contribution in [0.1, 0.15) is 22.5 Å². The molecule has 0 unspecified atom stereocenters. The molecule has 1 aromatic heterocycles. The predicted molar refractivity (Wildman–Crippen MR) is 107 cm³/mol. The van der Waals surface area contributed by atoms with E-state index in [4.69, 9.17) is 4.74 Å². The Morgan fingerprint density at radius 2 is 1.83 bits per heavy atom. The number of nitro groups is 1. The number of para-hydroxylation sites is 1. The fourth-order valence-electron chi connectivity index (χ4n) is 3.02. The number of aromatic nitrogens is 2. The van der Waals surface area contributed by atoms with Gasteiger partial charge in [-0.2, -0.15) is 5.10 Å². The quantitative estimate of drug-likeness (QED) is 0.467. The summed E-state index contributed by atoms with van der Waals surface area (Å²) in [5.74, 6) is 0.404. The van der Waals surface area contributed by atoms with Gasteiger partial charge in [-0.05, 0) is 25.5 Å². The molecule has 150 valence electrons. The van der Waals surface area contributed by atoms with Crippen molar-refractivity contribution in [1.82, 2.24) is 15.1 Å². The van der Waals surface area contributed by atoms with Crippen molar-refractivity contribution in [2.75, 3.05) is 0 Å². The van der Waals surface area contributed by atoms with Crippen LogP contribution in [0.15, 0.2) is 54.6 Å². The van der Waals surface area contributed by atoms with E-state index in [-0.39, 0.29) is 24.7 Å². The van der Waals surface area contributed by atoms with Crippen LogP contribution in [-0.2, 0) is 24.5 Å². The van der Waals surface area contributed by atoms with Gasteiger partial charge in [0.05, 0.1) is 4.92 Å². The van der Waals surface area contributed by atoms with Gasteiger partial charge in [-0.3, -0.25) is 19.6 Å². The number of ether oxygens (including phenoxy) is 1. The van der Waals surface area contributed by atoms with Crippen LogP contribution in [0.25, 0.3) is 0 Å². The highest BCUT2D eigenvalue weighted by Gasteiger charge is 2.22. The van der Waals surface area contributed by atoms with E-state index in [0.29, 0.717) is 23.7 Å². The van der Waals surface area contributed by atoms with Crippen molar-refractivity contribution in [2.45, 2.75) is 33.5 Å². The number of aryl methyl sites for hydroxylation is 1. The summed E-state index contributed by atoms with van der Waals surface area (Å²) in [5, 5.41) is 18.0. The van der Waals surface area contributed by atoms with E-state index in [9.17, 15) is 14.9 Å². The summed E-state index contributed by atoms with van der Waals surface area (Å²) in [5.41, 5.74) is 2.49. The largest absolute Gasteiger partial charge is 0.489 e. The maximum absolute atomic E-state index is 12.3. The fraction of sp³-hybridized carbons (Fsp3) is 0.238. The molecule has 1 heterocycles. The third kappa shape index (κ3) is 4.98. The molecule has 0 spiro atoms. The first kappa shape index (κ1) is 20.1. The van der Waals surface area contributed by atoms with Crippen LogP contribution >= 0.6 is 0 Å². The normalized spacial score (nSPS) is 10.6. The van der Waals surface area contributed by atoms with Crippen molar-refractivity contribution < 1.29 is 14.5 Å². The second-order valence-electron chi connectivity index (χ2n) is 6.59. The number of rotatable bonds is 8. The molecule has 3 rings (SSSR count). The van der Waals surface area contributed by atoms with Crippen LogP contribution in [0.4, 0.5) is 5.69 Å². The summed E-state index contributed by atoms with van der Waals surface area (Å²) in [4.78, 5) is 22.9. The summed E-state index contributed by atoms with van der Waals surface area (Å²) in [6, 6.07) is 17.3. The van der Waals surface area contributed by atoms with Crippen LogP contribution < -0.4 is 10.1 Å². The average molecular weight is 394 g/mol. The molecule has 8 nitrogen and oxygen atoms in total. The van der Waals surface area contributed by atoms with E-state index >= 15 is 0 Å². The third-order valence-electron chi connectivity index (χ3n) is 4.51. The molecule has 0 saturated heterocycles. The first-order valence-electron chi connectivity index (χ1n) is 9.15. The Balaban J connectivity index is 1.61. The lowest BCUT2D eigenvalue weighted by Gasteiger charge is -2.12. The van der Waals surface area contributed by atoms with Crippen LogP contribution in [0.3, 0.4) is 0 Å². The fourth-order valence-corrected chi connectivity index (χ4v) is 3.02. The smallest absolute Gasteiger partial charge is 0.312 e. The van der Waals surface area contributed by atoms with Crippen molar-refractivity contribution in [3.8, 4) is 5.75 Å². The molecule has 2 aromatic carbocycles. The van der Waals surface area contributed by atoms with Gasteiger partial charge in [-0.25, -0.2) is 0 Å². The molecule has 0 bridgehead atoms. The molecular weight excluding hydrogens is 372 g/mol. The molecule has 29 heavy (non-hydrogen) atoms. The van der Waals surface area contributed by atoms with Crippen molar-refractivity contribution >= 4 is 11.6 Å². The zero-order chi connectivity index (χ0) is 20.8. The number of benzene rings is 2. The van der Waals surface area contributed by atoms with E-state index in [1.54, 1.807) is 13.8 Å². The molecular formula is C21H22N4O4. The number of amides is 1. The summed E-state index contributed by atoms with van der Waals surface area (Å²) in [6.07, 6.45) is 0. The van der Waals surface area contributed by atoms with Crippen LogP contribution in [0.2, 0.25) is 0 Å². The zero-order valence-corrected chi connectivity index (χ0v) is 16.3. The SMILES string of the molecule is Cc1nn(CC(=O)NCc2ccccc2OCc2ccccc2)c(C)c1[N+](=O)[O-]. The maximum Gasteiger partial charge on any atom is 0.312 e. The highest BCUT2D eigenvalue weighted by Crippen LogP contribution is 2.22. The van der Waals surface area contributed by atoms with E-state index in [1.165, 1.54) is 4.68 Å². The van der Waals surface area contributed by atoms with Crippen LogP contribution in [-0.4, -0.2) is 20.6 Å². The van der Waals surface area contributed by atoms with E-state index < -0.39 is 4.92 Å². The molecule has 1 amide bonds. The lowest BCUT2D eigenvalue weighted by molar-refractivity contribution is -0.386. The average Bonchev–Trinajstić information content (AvgIpc) is 2.99. The lowest BCUT2D eigenvalue weighted by atomic mass is 10.2. The number of nitrogens with zero attached hydrogens (tertiary/aromatic N) is 3. The monoisotopic (exact) mass is 394 g/mol. The van der Waals surface area contributed by atoms with Gasteiger partial charge in [0, 0.05) is 12.1 Å². The zero-order valence-electron chi connectivity index (χ0n) is 16.3. The lowest BCUT2D eigenvalue weighted by Crippen LogP contribution is -2.28. The van der Waals surface area contributed by atoms with Gasteiger partial charge in [-0.15, -0.1) is 0 Å². The van der Waals surface area contributed by atoms with Crippen molar-refractivity contribution in [3.05, 3.63) is 87.2 Å². The van der Waals surface area contributed by atoms with Gasteiger partial charge in [0.25, 0.3) is 0 Å². The van der Waals surface area contributed by atoms with E-state index in [2.05, 4.69) is 10.4 Å². The number of carbonyl (C=O) groups is 1. The summed E-state index contributed by atoms with van der Waals surface area (Å²) < 4.78 is 7.24. The Morgan fingerprint density at radius 1 is 1.14 bits per heavy atom. The van der Waals surface area contributed by atoms with Crippen LogP contribution in [0, 0.1) is 24.0 Å². The Bertz CT molecular complexity index is 1010. The Morgan fingerprint density at radius 3 is 2.52 bits per heavy atom. The highest BCUT2D eigenvalue weighted by molar-refractivity contribution is 5.76. The highest BCUT2D eigenvalue weighted by atomic mass is 16.6. The number of hydrogen-bond donors (Lipinski definition) is 1. The van der Waals surface area contributed by atoms with E-state index in [0.717, 1.165) is 11.1 Å². The molecule has 0 aliphatic carbocycles. The standard InChI is InChI=1S/C21H22N4O4/c1-15-21(25(27)28)16(2)24(23-15)13-20(26)22-12-18-10-6-7-11-19(18)29-14-17-8-4-3-5-9-17/h3-11H,12-14H2,1-2H3,(H,22,26). The van der Waals surface area contributed by atoms with Crippen molar-refractivity contribution in [1.29, 1.82) is 0 Å². The van der Waals surface area contributed by atoms with Gasteiger partial charge < -0.3 is 10.1 Å². The van der Waals surface area contributed by atoms with Gasteiger partial charge in [-0.1, -0.05) is 48.5 Å². The molecule has 0 aliphatic heterocycles. The van der Waals surface area contributed by atoms with Gasteiger partial charge in [0.1, 0.15) is 30.3 Å². The maximum atomic E-state index is 12.3. The van der Waals surface area contributed by atoms with E-state index in [1.807, 2.05) is 54.6 Å². The minimum atomic E-state index is -0.480. The topological polar surface area (TPSA) is 99.3 Å². The molecule has 0 saturated carbocycles. The number of carbonyl (C=O) groups excluding carboxylic acids is 1. The number of hydrogen-bond acceptors (Lipinski definition) is 5.